The Kier molecular flexibility index (Phi) is 3.15. The summed E-state index contributed by atoms with van der Waals surface area (Å²) in [6.45, 7) is 2.00. The number of rotatable bonds is 2. The highest BCUT2D eigenvalue weighted by Crippen LogP contribution is 2.74. The summed E-state index contributed by atoms with van der Waals surface area (Å²) in [5.74, 6) is -2.29. The standard InChI is InChI=1S/C21H22O8/c1-19-7-13(10-3-4-26-9-10)29-20(19)8-15(28-17(20)23)21-12(16(22)25-2)5-11(6-14(19)21)27-18(21)24/h3-4,9,11-15H,5-8H2,1-2H3/t11-,12-,13-,14+,15+,19+,20-,21+/m1/s1. The minimum atomic E-state index is -1.22. The number of furan rings is 1. The van der Waals surface area contributed by atoms with Crippen LogP contribution in [-0.2, 0) is 33.3 Å². The molecule has 8 nitrogen and oxygen atoms in total. The Morgan fingerprint density at radius 2 is 2.00 bits per heavy atom. The van der Waals surface area contributed by atoms with E-state index in [0.29, 0.717) is 19.3 Å². The summed E-state index contributed by atoms with van der Waals surface area (Å²) in [5.41, 5.74) is -2.17. The molecular formula is C21H22O8. The van der Waals surface area contributed by atoms with Crippen molar-refractivity contribution in [2.45, 2.75) is 56.5 Å². The van der Waals surface area contributed by atoms with Crippen molar-refractivity contribution in [1.82, 2.24) is 0 Å². The van der Waals surface area contributed by atoms with E-state index < -0.39 is 46.4 Å². The number of hydrogen-bond acceptors (Lipinski definition) is 8. The van der Waals surface area contributed by atoms with Crippen molar-refractivity contribution >= 4 is 17.9 Å². The molecule has 6 fully saturated rings. The molecule has 0 unspecified atom stereocenters. The van der Waals surface area contributed by atoms with Crippen LogP contribution < -0.4 is 0 Å². The smallest absolute Gasteiger partial charge is 0.339 e. The van der Waals surface area contributed by atoms with Crippen LogP contribution in [0.3, 0.4) is 0 Å². The summed E-state index contributed by atoms with van der Waals surface area (Å²) in [4.78, 5) is 39.2. The number of carbonyl (C=O) groups is 3. The first-order valence-electron chi connectivity index (χ1n) is 10.1. The normalized spacial score (nSPS) is 49.2. The summed E-state index contributed by atoms with van der Waals surface area (Å²) in [6, 6.07) is 1.83. The maximum absolute atomic E-state index is 13.3. The number of hydrogen-bond donors (Lipinski definition) is 0. The Balaban J connectivity index is 1.54. The Morgan fingerprint density at radius 1 is 1.17 bits per heavy atom. The van der Waals surface area contributed by atoms with Crippen molar-refractivity contribution < 1.29 is 37.7 Å². The molecule has 6 aliphatic rings. The lowest BCUT2D eigenvalue weighted by molar-refractivity contribution is -0.252. The molecule has 7 rings (SSSR count). The molecular weight excluding hydrogens is 380 g/mol. The lowest BCUT2D eigenvalue weighted by Crippen LogP contribution is -2.72. The average Bonchev–Trinajstić information content (AvgIpc) is 3.40. The number of ether oxygens (including phenoxy) is 4. The van der Waals surface area contributed by atoms with Crippen molar-refractivity contribution in [2.75, 3.05) is 7.11 Å². The topological polar surface area (TPSA) is 101 Å². The van der Waals surface area contributed by atoms with Crippen LogP contribution in [0.4, 0.5) is 0 Å². The Hall–Kier alpha value is -2.35. The molecule has 4 aliphatic heterocycles. The third-order valence-corrected chi connectivity index (χ3v) is 8.41. The molecule has 2 spiro atoms. The molecule has 0 radical (unpaired) electrons. The van der Waals surface area contributed by atoms with Gasteiger partial charge in [0, 0.05) is 17.4 Å². The molecule has 0 N–H and O–H groups in total. The first-order valence-corrected chi connectivity index (χ1v) is 10.1. The highest BCUT2D eigenvalue weighted by molar-refractivity contribution is 5.93. The molecule has 2 aliphatic carbocycles. The van der Waals surface area contributed by atoms with Crippen LogP contribution >= 0.6 is 0 Å². The van der Waals surface area contributed by atoms with E-state index in [1.807, 2.05) is 13.0 Å². The van der Waals surface area contributed by atoms with Crippen LogP contribution in [0.25, 0.3) is 0 Å². The maximum atomic E-state index is 13.3. The van der Waals surface area contributed by atoms with Gasteiger partial charge in [-0.15, -0.1) is 0 Å². The van der Waals surface area contributed by atoms with E-state index >= 15 is 0 Å². The van der Waals surface area contributed by atoms with E-state index in [1.165, 1.54) is 7.11 Å². The van der Waals surface area contributed by atoms with Gasteiger partial charge < -0.3 is 23.4 Å². The second-order valence-electron chi connectivity index (χ2n) is 9.27. The van der Waals surface area contributed by atoms with Gasteiger partial charge in [-0.25, -0.2) is 4.79 Å². The summed E-state index contributed by atoms with van der Waals surface area (Å²) in [5, 5.41) is 0. The predicted octanol–water partition coefficient (Wildman–Crippen LogP) is 1.93. The second kappa shape index (κ2) is 5.22. The van der Waals surface area contributed by atoms with Crippen molar-refractivity contribution in [2.24, 2.45) is 22.7 Å². The zero-order valence-corrected chi connectivity index (χ0v) is 16.2. The van der Waals surface area contributed by atoms with Gasteiger partial charge >= 0.3 is 17.9 Å². The fraction of sp³-hybridized carbons (Fsp3) is 0.667. The van der Waals surface area contributed by atoms with E-state index in [0.717, 1.165) is 5.56 Å². The van der Waals surface area contributed by atoms with Crippen molar-refractivity contribution in [3.05, 3.63) is 24.2 Å². The first kappa shape index (κ1) is 17.5. The van der Waals surface area contributed by atoms with Gasteiger partial charge in [0.2, 0.25) is 0 Å². The molecule has 1 aromatic rings. The van der Waals surface area contributed by atoms with Crippen LogP contribution in [0.2, 0.25) is 0 Å². The van der Waals surface area contributed by atoms with Gasteiger partial charge in [-0.3, -0.25) is 9.59 Å². The van der Waals surface area contributed by atoms with E-state index in [1.54, 1.807) is 12.5 Å². The van der Waals surface area contributed by atoms with Crippen LogP contribution in [0, 0.1) is 22.7 Å². The third kappa shape index (κ3) is 1.75. The van der Waals surface area contributed by atoms with Crippen LogP contribution in [0.1, 0.15) is 44.3 Å². The summed E-state index contributed by atoms with van der Waals surface area (Å²) in [6.07, 6.45) is 3.49. The van der Waals surface area contributed by atoms with Crippen molar-refractivity contribution in [3.63, 3.8) is 0 Å². The lowest BCUT2D eigenvalue weighted by Gasteiger charge is -2.62. The maximum Gasteiger partial charge on any atom is 0.339 e. The molecule has 154 valence electrons. The van der Waals surface area contributed by atoms with Crippen molar-refractivity contribution in [3.8, 4) is 0 Å². The molecule has 1 aromatic heterocycles. The summed E-state index contributed by atoms with van der Waals surface area (Å²) >= 11 is 0. The van der Waals surface area contributed by atoms with Crippen LogP contribution in [-0.4, -0.2) is 42.8 Å². The average molecular weight is 402 g/mol. The largest absolute Gasteiger partial charge is 0.472 e. The SMILES string of the molecule is COC(=O)[C@H]1C[C@@H]2C[C@@H]3[C@]1(C(=O)O2)[C@@H]1C[C@@]2(O[C@@H](c4ccoc4)C[C@@]32C)C(=O)O1. The molecule has 29 heavy (non-hydrogen) atoms. The lowest BCUT2D eigenvalue weighted by atomic mass is 9.41. The summed E-state index contributed by atoms with van der Waals surface area (Å²) < 4.78 is 28.2. The van der Waals surface area contributed by atoms with Gasteiger partial charge in [0.1, 0.15) is 17.6 Å². The molecule has 0 aromatic carbocycles. The number of fused-ring (bicyclic) bond motifs is 3. The molecule has 4 bridgehead atoms. The summed E-state index contributed by atoms with van der Waals surface area (Å²) in [7, 11) is 1.32. The van der Waals surface area contributed by atoms with E-state index in [-0.39, 0.29) is 24.5 Å². The highest BCUT2D eigenvalue weighted by Gasteiger charge is 2.84. The molecule has 0 amide bonds. The second-order valence-corrected chi connectivity index (χ2v) is 9.27. The molecule has 2 saturated carbocycles. The number of carbonyl (C=O) groups excluding carboxylic acids is 3. The minimum Gasteiger partial charge on any atom is -0.472 e. The third-order valence-electron chi connectivity index (χ3n) is 8.41. The minimum absolute atomic E-state index is 0.237. The van der Waals surface area contributed by atoms with E-state index in [4.69, 9.17) is 23.4 Å². The Morgan fingerprint density at radius 3 is 2.72 bits per heavy atom. The zero-order chi connectivity index (χ0) is 20.2. The highest BCUT2D eigenvalue weighted by atomic mass is 16.6. The monoisotopic (exact) mass is 402 g/mol. The van der Waals surface area contributed by atoms with E-state index in [9.17, 15) is 14.4 Å². The van der Waals surface area contributed by atoms with Gasteiger partial charge in [0.15, 0.2) is 5.60 Å². The fourth-order valence-electron chi connectivity index (χ4n) is 7.17. The van der Waals surface area contributed by atoms with E-state index in [2.05, 4.69) is 0 Å². The number of methoxy groups -OCH3 is 1. The molecule has 8 atom stereocenters. The van der Waals surface area contributed by atoms with Crippen LogP contribution in [0.5, 0.6) is 0 Å². The quantitative estimate of drug-likeness (QED) is 0.546. The molecule has 5 heterocycles. The van der Waals surface area contributed by atoms with Crippen LogP contribution in [0.15, 0.2) is 23.0 Å². The zero-order valence-electron chi connectivity index (χ0n) is 16.2. The Bertz CT molecular complexity index is 923. The Labute approximate surface area is 166 Å². The number of esters is 3. The first-order chi connectivity index (χ1) is 13.9. The predicted molar refractivity (Wildman–Crippen MR) is 93.0 cm³/mol. The molecule has 4 saturated heterocycles. The van der Waals surface area contributed by atoms with Gasteiger partial charge in [-0.1, -0.05) is 6.92 Å². The van der Waals surface area contributed by atoms with Gasteiger partial charge in [0.25, 0.3) is 0 Å². The van der Waals surface area contributed by atoms with Gasteiger partial charge in [-0.05, 0) is 31.2 Å². The molecule has 8 heteroatoms. The van der Waals surface area contributed by atoms with Gasteiger partial charge in [0.05, 0.1) is 31.7 Å². The van der Waals surface area contributed by atoms with Gasteiger partial charge in [-0.2, -0.15) is 0 Å². The van der Waals surface area contributed by atoms with Crippen molar-refractivity contribution in [1.29, 1.82) is 0 Å². The fourth-order valence-corrected chi connectivity index (χ4v) is 7.17.